The van der Waals surface area contributed by atoms with E-state index in [-0.39, 0.29) is 5.95 Å². The van der Waals surface area contributed by atoms with Crippen LogP contribution in [0, 0.1) is 6.92 Å². The van der Waals surface area contributed by atoms with E-state index in [2.05, 4.69) is 39.3 Å². The number of alkyl halides is 3. The Morgan fingerprint density at radius 2 is 2.10 bits per heavy atom. The average molecular weight is 402 g/mol. The van der Waals surface area contributed by atoms with Gasteiger partial charge in [-0.15, -0.1) is 0 Å². The molecule has 1 aliphatic rings. The highest BCUT2D eigenvalue weighted by atomic mass is 19.4. The van der Waals surface area contributed by atoms with Gasteiger partial charge in [0, 0.05) is 29.6 Å². The summed E-state index contributed by atoms with van der Waals surface area (Å²) in [6, 6.07) is 4.52. The minimum absolute atomic E-state index is 0.0316. The van der Waals surface area contributed by atoms with E-state index in [1.807, 2.05) is 19.1 Å². The lowest BCUT2D eigenvalue weighted by molar-refractivity contribution is -0.138. The molecular weight excluding hydrogens is 377 g/mol. The molecule has 1 atom stereocenters. The molecule has 0 saturated heterocycles. The van der Waals surface area contributed by atoms with Crippen molar-refractivity contribution in [2.24, 2.45) is 0 Å². The molecule has 29 heavy (non-hydrogen) atoms. The summed E-state index contributed by atoms with van der Waals surface area (Å²) < 4.78 is 38.3. The van der Waals surface area contributed by atoms with Crippen LogP contribution in [-0.2, 0) is 6.42 Å². The molecule has 4 nitrogen and oxygen atoms in total. The molecule has 0 fully saturated rings. The van der Waals surface area contributed by atoms with E-state index in [1.165, 1.54) is 5.56 Å². The average Bonchev–Trinajstić information content (AvgIpc) is 2.84. The lowest BCUT2D eigenvalue weighted by Crippen LogP contribution is -2.33. The van der Waals surface area contributed by atoms with Crippen LogP contribution < -0.4 is 10.6 Å². The summed E-state index contributed by atoms with van der Waals surface area (Å²) in [6.45, 7) is 9.75. The Kier molecular flexibility index (Phi) is 5.96. The van der Waals surface area contributed by atoms with E-state index in [4.69, 9.17) is 0 Å². The summed E-state index contributed by atoms with van der Waals surface area (Å²) in [5, 5.41) is 5.64. The number of benzene rings is 1. The molecule has 0 spiro atoms. The molecule has 0 bridgehead atoms. The fourth-order valence-corrected chi connectivity index (χ4v) is 3.43. The number of aromatic nitrogens is 2. The highest BCUT2D eigenvalue weighted by Crippen LogP contribution is 2.30. The number of halogens is 3. The van der Waals surface area contributed by atoms with Crippen LogP contribution in [0.3, 0.4) is 0 Å². The van der Waals surface area contributed by atoms with E-state index in [9.17, 15) is 13.2 Å². The Balaban J connectivity index is 1.91. The third-order valence-electron chi connectivity index (χ3n) is 5.10. The molecule has 0 saturated carbocycles. The molecule has 0 aliphatic carbocycles. The van der Waals surface area contributed by atoms with Crippen LogP contribution in [0.5, 0.6) is 0 Å². The van der Waals surface area contributed by atoms with Gasteiger partial charge in [0.05, 0.1) is 5.69 Å². The van der Waals surface area contributed by atoms with Gasteiger partial charge in [0.25, 0.3) is 0 Å². The second-order valence-electron chi connectivity index (χ2n) is 7.18. The predicted octanol–water partition coefficient (Wildman–Crippen LogP) is 5.11. The maximum absolute atomic E-state index is 12.8. The minimum Gasteiger partial charge on any atom is -0.385 e. The van der Waals surface area contributed by atoms with Gasteiger partial charge in [0.1, 0.15) is 6.04 Å². The lowest BCUT2D eigenvalue weighted by Gasteiger charge is -2.18. The third kappa shape index (κ3) is 4.60. The van der Waals surface area contributed by atoms with Gasteiger partial charge in [-0.25, -0.2) is 9.97 Å². The second-order valence-corrected chi connectivity index (χ2v) is 7.18. The molecule has 0 amide bonds. The van der Waals surface area contributed by atoms with Crippen molar-refractivity contribution in [1.29, 1.82) is 0 Å². The third-order valence-corrected chi connectivity index (χ3v) is 5.10. The van der Waals surface area contributed by atoms with Crippen LogP contribution in [0.4, 0.5) is 19.1 Å². The highest BCUT2D eigenvalue weighted by Gasteiger charge is 2.36. The summed E-state index contributed by atoms with van der Waals surface area (Å²) in [6.07, 6.45) is 1.18. The number of hydrogen-bond acceptors (Lipinski definition) is 4. The number of nitrogens with one attached hydrogen (secondary N) is 2. The summed E-state index contributed by atoms with van der Waals surface area (Å²) in [5.41, 5.74) is 6.66. The summed E-state index contributed by atoms with van der Waals surface area (Å²) in [5.74, 6) is -0.0316. The quantitative estimate of drug-likeness (QED) is 0.747. The van der Waals surface area contributed by atoms with Crippen LogP contribution in [0.15, 0.2) is 37.1 Å². The smallest absolute Gasteiger partial charge is 0.385 e. The SMILES string of the molecule is C=C1NCCCc2cc(/C(=C/C)c3cnc(NC(C)C(F)(F)F)nc3C)ccc21. The molecule has 1 unspecified atom stereocenters. The van der Waals surface area contributed by atoms with Gasteiger partial charge in [-0.1, -0.05) is 30.9 Å². The number of hydrogen-bond donors (Lipinski definition) is 2. The number of aryl methyl sites for hydroxylation is 2. The van der Waals surface area contributed by atoms with Gasteiger partial charge in [0.15, 0.2) is 0 Å². The first-order chi connectivity index (χ1) is 13.7. The normalized spacial score (nSPS) is 15.9. The maximum atomic E-state index is 12.8. The molecule has 0 radical (unpaired) electrons. The van der Waals surface area contributed by atoms with Gasteiger partial charge in [-0.2, -0.15) is 13.2 Å². The van der Waals surface area contributed by atoms with Crippen molar-refractivity contribution in [1.82, 2.24) is 15.3 Å². The first kappa shape index (κ1) is 20.9. The number of rotatable bonds is 4. The lowest BCUT2D eigenvalue weighted by atomic mass is 9.92. The van der Waals surface area contributed by atoms with Crippen molar-refractivity contribution < 1.29 is 13.2 Å². The van der Waals surface area contributed by atoms with E-state index in [1.54, 1.807) is 13.1 Å². The summed E-state index contributed by atoms with van der Waals surface area (Å²) in [7, 11) is 0. The number of nitrogens with zero attached hydrogens (tertiary/aromatic N) is 2. The van der Waals surface area contributed by atoms with Crippen LogP contribution >= 0.6 is 0 Å². The van der Waals surface area contributed by atoms with Crippen LogP contribution in [0.1, 0.15) is 48.2 Å². The van der Waals surface area contributed by atoms with Crippen molar-refractivity contribution >= 4 is 17.2 Å². The highest BCUT2D eigenvalue weighted by molar-refractivity contribution is 5.82. The van der Waals surface area contributed by atoms with Crippen molar-refractivity contribution in [3.05, 3.63) is 65.0 Å². The fourth-order valence-electron chi connectivity index (χ4n) is 3.43. The van der Waals surface area contributed by atoms with E-state index in [0.717, 1.165) is 54.3 Å². The van der Waals surface area contributed by atoms with Crippen LogP contribution in [0.25, 0.3) is 11.3 Å². The van der Waals surface area contributed by atoms with E-state index in [0.29, 0.717) is 5.69 Å². The van der Waals surface area contributed by atoms with Crippen molar-refractivity contribution in [2.75, 3.05) is 11.9 Å². The zero-order chi connectivity index (χ0) is 21.2. The molecule has 1 aromatic carbocycles. The Hall–Kier alpha value is -2.83. The summed E-state index contributed by atoms with van der Waals surface area (Å²) in [4.78, 5) is 8.36. The number of anilines is 1. The zero-order valence-electron chi connectivity index (χ0n) is 16.8. The van der Waals surface area contributed by atoms with Crippen molar-refractivity contribution in [3.8, 4) is 0 Å². The molecule has 2 heterocycles. The molecule has 154 valence electrons. The van der Waals surface area contributed by atoms with Crippen LogP contribution in [-0.4, -0.2) is 28.7 Å². The Morgan fingerprint density at radius 3 is 2.76 bits per heavy atom. The molecule has 2 N–H and O–H groups in total. The Bertz CT molecular complexity index is 948. The Labute approximate surface area is 169 Å². The van der Waals surface area contributed by atoms with E-state index < -0.39 is 12.2 Å². The van der Waals surface area contributed by atoms with Gasteiger partial charge >= 0.3 is 6.18 Å². The van der Waals surface area contributed by atoms with Gasteiger partial charge in [-0.3, -0.25) is 0 Å². The maximum Gasteiger partial charge on any atom is 0.408 e. The first-order valence-corrected chi connectivity index (χ1v) is 9.60. The summed E-state index contributed by atoms with van der Waals surface area (Å²) >= 11 is 0. The zero-order valence-corrected chi connectivity index (χ0v) is 16.8. The molecule has 3 rings (SSSR count). The van der Waals surface area contributed by atoms with Crippen molar-refractivity contribution in [3.63, 3.8) is 0 Å². The molecule has 7 heteroatoms. The standard InChI is InChI=1S/C22H25F3N4/c1-5-18(17-8-9-19-13(2)26-10-6-7-16(19)11-17)20-12-27-21(28-14(20)3)29-15(4)22(23,24)25/h5,8-9,11-12,15,26H,2,6-7,10H2,1,3-4H3,(H,27,28,29)/b18-5-. The molecule has 1 aromatic heterocycles. The van der Waals surface area contributed by atoms with Gasteiger partial charge < -0.3 is 10.6 Å². The Morgan fingerprint density at radius 1 is 1.34 bits per heavy atom. The molecule has 1 aliphatic heterocycles. The van der Waals surface area contributed by atoms with Crippen LogP contribution in [0.2, 0.25) is 0 Å². The topological polar surface area (TPSA) is 49.8 Å². The molecular formula is C22H25F3N4. The number of allylic oxidation sites excluding steroid dienone is 1. The monoisotopic (exact) mass is 402 g/mol. The fraction of sp³-hybridized carbons (Fsp3) is 0.364. The van der Waals surface area contributed by atoms with Crippen molar-refractivity contribution in [2.45, 2.75) is 45.8 Å². The first-order valence-electron chi connectivity index (χ1n) is 9.60. The van der Waals surface area contributed by atoms with E-state index >= 15 is 0 Å². The predicted molar refractivity (Wildman–Crippen MR) is 110 cm³/mol. The second kappa shape index (κ2) is 8.27. The molecule has 2 aromatic rings. The minimum atomic E-state index is -4.36. The van der Waals surface area contributed by atoms with Gasteiger partial charge in [0.2, 0.25) is 5.95 Å². The largest absolute Gasteiger partial charge is 0.408 e. The number of fused-ring (bicyclic) bond motifs is 1. The van der Waals surface area contributed by atoms with Gasteiger partial charge in [-0.05, 0) is 50.3 Å².